The Morgan fingerprint density at radius 2 is 2.33 bits per heavy atom. The van der Waals surface area contributed by atoms with Crippen LogP contribution in [-0.4, -0.2) is 18.0 Å². The molecule has 1 aliphatic rings. The molecule has 0 aromatic carbocycles. The van der Waals surface area contributed by atoms with Crippen molar-refractivity contribution < 1.29 is 9.53 Å². The summed E-state index contributed by atoms with van der Waals surface area (Å²) in [7, 11) is 1.50. The van der Waals surface area contributed by atoms with E-state index in [0.29, 0.717) is 29.3 Å². The number of rotatable bonds is 3. The maximum absolute atomic E-state index is 11.4. The number of pyridine rings is 1. The number of halogens is 1. The van der Waals surface area contributed by atoms with E-state index in [0.717, 1.165) is 0 Å². The van der Waals surface area contributed by atoms with Crippen LogP contribution in [0.15, 0.2) is 12.3 Å². The van der Waals surface area contributed by atoms with Gasteiger partial charge in [-0.25, -0.2) is 4.98 Å². The van der Waals surface area contributed by atoms with Gasteiger partial charge in [-0.2, -0.15) is 0 Å². The van der Waals surface area contributed by atoms with E-state index >= 15 is 0 Å². The first kappa shape index (κ1) is 10.2. The molecule has 1 aromatic rings. The quantitative estimate of drug-likeness (QED) is 0.844. The first-order chi connectivity index (χ1) is 7.12. The number of amides is 1. The number of methoxy groups -OCH3 is 1. The van der Waals surface area contributed by atoms with Crippen LogP contribution in [0.5, 0.6) is 5.88 Å². The largest absolute Gasteiger partial charge is 0.481 e. The van der Waals surface area contributed by atoms with Gasteiger partial charge in [0.2, 0.25) is 11.8 Å². The summed E-state index contributed by atoms with van der Waals surface area (Å²) in [6.07, 6.45) is 2.97. The van der Waals surface area contributed by atoms with Gasteiger partial charge in [-0.3, -0.25) is 4.79 Å². The highest BCUT2D eigenvalue weighted by molar-refractivity contribution is 6.32. The molecule has 0 radical (unpaired) electrons. The highest BCUT2D eigenvalue weighted by Gasteiger charge is 2.53. The Balaban J connectivity index is 2.56. The molecule has 0 atom stereocenters. The minimum Gasteiger partial charge on any atom is -0.481 e. The zero-order valence-electron chi connectivity index (χ0n) is 8.29. The third kappa shape index (κ3) is 1.45. The number of nitrogens with zero attached hydrogens (tertiary/aromatic N) is 1. The second-order valence-electron chi connectivity index (χ2n) is 3.62. The highest BCUT2D eigenvalue weighted by atomic mass is 35.5. The summed E-state index contributed by atoms with van der Waals surface area (Å²) in [4.78, 5) is 15.4. The Morgan fingerprint density at radius 3 is 2.80 bits per heavy atom. The van der Waals surface area contributed by atoms with Gasteiger partial charge < -0.3 is 10.5 Å². The average molecular weight is 227 g/mol. The molecule has 1 amide bonds. The number of hydrogen-bond acceptors (Lipinski definition) is 3. The third-order valence-corrected chi connectivity index (χ3v) is 3.07. The summed E-state index contributed by atoms with van der Waals surface area (Å²) in [5.41, 5.74) is 5.35. The molecule has 1 aromatic heterocycles. The summed E-state index contributed by atoms with van der Waals surface area (Å²) in [6.45, 7) is 0. The molecule has 5 heteroatoms. The number of carbonyl (C=O) groups is 1. The van der Waals surface area contributed by atoms with Crippen molar-refractivity contribution in [3.8, 4) is 5.88 Å². The summed E-state index contributed by atoms with van der Waals surface area (Å²) in [5, 5.41) is 0.484. The standard InChI is InChI=1S/C10H11ClN2O2/c1-15-8-7(6(11)2-5-13-8)10(3-4-10)9(12)14/h2,5H,3-4H2,1H3,(H2,12,14). The molecule has 1 saturated carbocycles. The van der Waals surface area contributed by atoms with Crippen LogP contribution in [0.4, 0.5) is 0 Å². The molecule has 0 bridgehead atoms. The lowest BCUT2D eigenvalue weighted by atomic mass is 9.96. The molecule has 1 fully saturated rings. The molecule has 0 spiro atoms. The third-order valence-electron chi connectivity index (χ3n) is 2.76. The van der Waals surface area contributed by atoms with Gasteiger partial charge >= 0.3 is 0 Å². The Morgan fingerprint density at radius 1 is 1.67 bits per heavy atom. The Bertz CT molecular complexity index is 416. The fourth-order valence-electron chi connectivity index (χ4n) is 1.75. The molecule has 0 aliphatic heterocycles. The van der Waals surface area contributed by atoms with Crippen molar-refractivity contribution >= 4 is 17.5 Å². The predicted octanol–water partition coefficient (Wildman–Crippen LogP) is 1.26. The van der Waals surface area contributed by atoms with Gasteiger partial charge in [-0.05, 0) is 18.9 Å². The topological polar surface area (TPSA) is 65.2 Å². The smallest absolute Gasteiger partial charge is 0.228 e. The van der Waals surface area contributed by atoms with Gasteiger partial charge in [0.15, 0.2) is 0 Å². The number of aromatic nitrogens is 1. The molecule has 1 heterocycles. The number of ether oxygens (including phenoxy) is 1. The summed E-state index contributed by atoms with van der Waals surface area (Å²) < 4.78 is 5.10. The first-order valence-electron chi connectivity index (χ1n) is 4.61. The van der Waals surface area contributed by atoms with Crippen molar-refractivity contribution in [3.63, 3.8) is 0 Å². The minimum atomic E-state index is -0.656. The summed E-state index contributed by atoms with van der Waals surface area (Å²) >= 11 is 6.05. The van der Waals surface area contributed by atoms with Gasteiger partial charge in [-0.1, -0.05) is 11.6 Å². The summed E-state index contributed by atoms with van der Waals surface area (Å²) in [5.74, 6) is 0.0227. The molecule has 1 aliphatic carbocycles. The van der Waals surface area contributed by atoms with E-state index in [9.17, 15) is 4.79 Å². The van der Waals surface area contributed by atoms with E-state index in [-0.39, 0.29) is 5.91 Å². The Labute approximate surface area is 92.4 Å². The van der Waals surface area contributed by atoms with Gasteiger partial charge in [0.1, 0.15) is 0 Å². The van der Waals surface area contributed by atoms with Gasteiger partial charge in [0.25, 0.3) is 0 Å². The van der Waals surface area contributed by atoms with E-state index in [2.05, 4.69) is 4.98 Å². The van der Waals surface area contributed by atoms with Crippen molar-refractivity contribution in [2.45, 2.75) is 18.3 Å². The van der Waals surface area contributed by atoms with Crippen LogP contribution in [0.1, 0.15) is 18.4 Å². The second kappa shape index (κ2) is 3.38. The number of primary amides is 1. The lowest BCUT2D eigenvalue weighted by Gasteiger charge is -2.15. The maximum atomic E-state index is 11.4. The summed E-state index contributed by atoms with van der Waals surface area (Å²) in [6, 6.07) is 1.64. The molecule has 0 saturated heterocycles. The van der Waals surface area contributed by atoms with Crippen molar-refractivity contribution in [2.75, 3.05) is 7.11 Å². The fourth-order valence-corrected chi connectivity index (χ4v) is 2.07. The van der Waals surface area contributed by atoms with E-state index < -0.39 is 5.41 Å². The molecule has 2 rings (SSSR count). The Kier molecular flexibility index (Phi) is 2.31. The number of carbonyl (C=O) groups excluding carboxylic acids is 1. The van der Waals surface area contributed by atoms with Crippen LogP contribution in [-0.2, 0) is 10.2 Å². The predicted molar refractivity (Wildman–Crippen MR) is 55.9 cm³/mol. The highest BCUT2D eigenvalue weighted by Crippen LogP contribution is 2.52. The fraction of sp³-hybridized carbons (Fsp3) is 0.400. The van der Waals surface area contributed by atoms with Crippen LogP contribution in [0.25, 0.3) is 0 Å². The molecular formula is C10H11ClN2O2. The van der Waals surface area contributed by atoms with Crippen LogP contribution in [0.3, 0.4) is 0 Å². The van der Waals surface area contributed by atoms with Crippen molar-refractivity contribution in [1.29, 1.82) is 0 Å². The van der Waals surface area contributed by atoms with Gasteiger partial charge in [0.05, 0.1) is 17.5 Å². The average Bonchev–Trinajstić information content (AvgIpc) is 2.98. The SMILES string of the molecule is COc1nccc(Cl)c1C1(C(N)=O)CC1. The van der Waals surface area contributed by atoms with Crippen LogP contribution >= 0.6 is 11.6 Å². The lowest BCUT2D eigenvalue weighted by molar-refractivity contribution is -0.120. The zero-order valence-corrected chi connectivity index (χ0v) is 9.04. The van der Waals surface area contributed by atoms with Crippen LogP contribution in [0.2, 0.25) is 5.02 Å². The molecule has 0 unspecified atom stereocenters. The van der Waals surface area contributed by atoms with E-state index in [1.165, 1.54) is 7.11 Å². The lowest BCUT2D eigenvalue weighted by Crippen LogP contribution is -2.29. The molecule has 2 N–H and O–H groups in total. The molecule has 15 heavy (non-hydrogen) atoms. The van der Waals surface area contributed by atoms with Crippen molar-refractivity contribution in [2.24, 2.45) is 5.73 Å². The van der Waals surface area contributed by atoms with Gasteiger partial charge in [0, 0.05) is 11.8 Å². The zero-order chi connectivity index (χ0) is 11.1. The van der Waals surface area contributed by atoms with Crippen molar-refractivity contribution in [1.82, 2.24) is 4.98 Å². The monoisotopic (exact) mass is 226 g/mol. The van der Waals surface area contributed by atoms with E-state index in [4.69, 9.17) is 22.1 Å². The van der Waals surface area contributed by atoms with Crippen molar-refractivity contribution in [3.05, 3.63) is 22.8 Å². The van der Waals surface area contributed by atoms with Crippen LogP contribution in [0, 0.1) is 0 Å². The minimum absolute atomic E-state index is 0.365. The normalized spacial score (nSPS) is 17.2. The second-order valence-corrected chi connectivity index (χ2v) is 4.03. The van der Waals surface area contributed by atoms with E-state index in [1.54, 1.807) is 12.3 Å². The van der Waals surface area contributed by atoms with Crippen LogP contribution < -0.4 is 10.5 Å². The Hall–Kier alpha value is -1.29. The maximum Gasteiger partial charge on any atom is 0.228 e. The molecular weight excluding hydrogens is 216 g/mol. The molecule has 80 valence electrons. The van der Waals surface area contributed by atoms with Gasteiger partial charge in [-0.15, -0.1) is 0 Å². The molecule has 4 nitrogen and oxygen atoms in total. The van der Waals surface area contributed by atoms with E-state index in [1.807, 2.05) is 0 Å². The number of nitrogens with two attached hydrogens (primary N) is 1. The first-order valence-corrected chi connectivity index (χ1v) is 4.98. The number of hydrogen-bond donors (Lipinski definition) is 1.